The van der Waals surface area contributed by atoms with E-state index in [1.54, 1.807) is 17.0 Å². The van der Waals surface area contributed by atoms with E-state index < -0.39 is 6.04 Å². The van der Waals surface area contributed by atoms with E-state index in [4.69, 9.17) is 0 Å². The Bertz CT molecular complexity index is 857. The van der Waals surface area contributed by atoms with Crippen molar-refractivity contribution in [3.8, 4) is 0 Å². The molecule has 31 heavy (non-hydrogen) atoms. The number of hydrogen-bond acceptors (Lipinski definition) is 3. The Morgan fingerprint density at radius 3 is 2.35 bits per heavy atom. The van der Waals surface area contributed by atoms with Gasteiger partial charge in [-0.05, 0) is 55.5 Å². The van der Waals surface area contributed by atoms with Crippen molar-refractivity contribution in [1.82, 2.24) is 10.2 Å². The lowest BCUT2D eigenvalue weighted by molar-refractivity contribution is -0.139. The van der Waals surface area contributed by atoms with Crippen LogP contribution in [0.1, 0.15) is 50.3 Å². The number of hydrogen-bond donors (Lipinski definition) is 1. The van der Waals surface area contributed by atoms with Gasteiger partial charge in [-0.25, -0.2) is 4.39 Å². The topological polar surface area (TPSA) is 49.4 Å². The molecule has 0 aliphatic heterocycles. The lowest BCUT2D eigenvalue weighted by atomic mass is 10.1. The molecule has 0 bridgehead atoms. The summed E-state index contributed by atoms with van der Waals surface area (Å²) >= 11 is 1.48. The molecule has 0 aliphatic rings. The van der Waals surface area contributed by atoms with Gasteiger partial charge in [-0.15, -0.1) is 11.8 Å². The van der Waals surface area contributed by atoms with Gasteiger partial charge < -0.3 is 10.2 Å². The fourth-order valence-corrected chi connectivity index (χ4v) is 4.12. The highest BCUT2D eigenvalue weighted by Gasteiger charge is 2.29. The Morgan fingerprint density at radius 2 is 1.74 bits per heavy atom. The molecule has 0 fully saturated rings. The van der Waals surface area contributed by atoms with Crippen molar-refractivity contribution < 1.29 is 14.0 Å². The molecule has 4 nitrogen and oxygen atoms in total. The van der Waals surface area contributed by atoms with Crippen LogP contribution in [0.3, 0.4) is 0 Å². The lowest BCUT2D eigenvalue weighted by Gasteiger charge is -2.32. The zero-order chi connectivity index (χ0) is 22.8. The molecule has 0 aromatic heterocycles. The van der Waals surface area contributed by atoms with Gasteiger partial charge in [-0.3, -0.25) is 9.59 Å². The second-order valence-corrected chi connectivity index (χ2v) is 8.79. The maximum absolute atomic E-state index is 13.2. The molecule has 0 saturated carbocycles. The lowest BCUT2D eigenvalue weighted by Crippen LogP contribution is -2.51. The summed E-state index contributed by atoms with van der Waals surface area (Å²) in [6.45, 7) is 8.34. The number of carbonyl (C=O) groups is 2. The minimum atomic E-state index is -0.521. The van der Waals surface area contributed by atoms with Crippen LogP contribution in [0.2, 0.25) is 0 Å². The number of rotatable bonds is 11. The summed E-state index contributed by atoms with van der Waals surface area (Å²) in [6.07, 6.45) is 1.38. The highest BCUT2D eigenvalue weighted by molar-refractivity contribution is 7.99. The Kier molecular flexibility index (Phi) is 10.0. The smallest absolute Gasteiger partial charge is 0.243 e. The number of thioether (sulfide) groups is 1. The van der Waals surface area contributed by atoms with Crippen LogP contribution >= 0.6 is 11.8 Å². The van der Waals surface area contributed by atoms with Gasteiger partial charge >= 0.3 is 0 Å². The minimum Gasteiger partial charge on any atom is -0.352 e. The monoisotopic (exact) mass is 444 g/mol. The van der Waals surface area contributed by atoms with Crippen LogP contribution in [0.5, 0.6) is 0 Å². The van der Waals surface area contributed by atoms with E-state index in [0.29, 0.717) is 18.7 Å². The fourth-order valence-electron chi connectivity index (χ4n) is 3.25. The molecule has 2 amide bonds. The largest absolute Gasteiger partial charge is 0.352 e. The summed E-state index contributed by atoms with van der Waals surface area (Å²) in [7, 11) is 0. The first kappa shape index (κ1) is 24.9. The maximum atomic E-state index is 13.2. The summed E-state index contributed by atoms with van der Waals surface area (Å²) in [4.78, 5) is 27.9. The first-order valence-corrected chi connectivity index (χ1v) is 12.0. The quantitative estimate of drug-likeness (QED) is 0.525. The van der Waals surface area contributed by atoms with Crippen molar-refractivity contribution in [2.45, 2.75) is 64.9 Å². The van der Waals surface area contributed by atoms with Crippen LogP contribution in [0.25, 0.3) is 0 Å². The molecular weight excluding hydrogens is 411 g/mol. The molecule has 0 heterocycles. The summed E-state index contributed by atoms with van der Waals surface area (Å²) in [5, 5.41) is 3.03. The number of halogens is 1. The zero-order valence-electron chi connectivity index (χ0n) is 18.9. The molecule has 2 aromatic carbocycles. The second kappa shape index (κ2) is 12.5. The third-order valence-corrected chi connectivity index (χ3v) is 6.38. The number of nitrogens with zero attached hydrogens (tertiary/aromatic N) is 1. The van der Waals surface area contributed by atoms with Gasteiger partial charge in [0.05, 0.1) is 5.75 Å². The van der Waals surface area contributed by atoms with E-state index >= 15 is 0 Å². The average molecular weight is 445 g/mol. The molecule has 0 radical (unpaired) electrons. The molecule has 2 rings (SSSR count). The molecule has 0 spiro atoms. The Labute approximate surface area is 189 Å². The fraction of sp³-hybridized carbons (Fsp3) is 0.440. The third kappa shape index (κ3) is 7.69. The van der Waals surface area contributed by atoms with E-state index in [-0.39, 0.29) is 29.4 Å². The van der Waals surface area contributed by atoms with Crippen molar-refractivity contribution in [3.05, 3.63) is 71.0 Å². The highest BCUT2D eigenvalue weighted by atomic mass is 32.2. The SMILES string of the molecule is CC[C@H](C(=O)N[C@@H](C)CC)N(Cc1ccccc1C)C(=O)CSCc1ccc(F)cc1. The molecule has 0 aliphatic carbocycles. The zero-order valence-corrected chi connectivity index (χ0v) is 19.7. The van der Waals surface area contributed by atoms with Crippen LogP contribution in [0.15, 0.2) is 48.5 Å². The van der Waals surface area contributed by atoms with E-state index in [1.165, 1.54) is 23.9 Å². The molecule has 0 saturated heterocycles. The van der Waals surface area contributed by atoms with Gasteiger partial charge in [0.2, 0.25) is 11.8 Å². The normalized spacial score (nSPS) is 12.8. The van der Waals surface area contributed by atoms with E-state index in [1.807, 2.05) is 52.0 Å². The molecule has 1 N–H and O–H groups in total. The summed E-state index contributed by atoms with van der Waals surface area (Å²) in [5.41, 5.74) is 3.09. The predicted octanol–water partition coefficient (Wildman–Crippen LogP) is 5.09. The summed E-state index contributed by atoms with van der Waals surface area (Å²) < 4.78 is 13.1. The average Bonchev–Trinajstić information content (AvgIpc) is 2.76. The minimum absolute atomic E-state index is 0.0600. The molecule has 168 valence electrons. The van der Waals surface area contributed by atoms with Crippen LogP contribution in [-0.2, 0) is 21.9 Å². The van der Waals surface area contributed by atoms with Crippen molar-refractivity contribution in [1.29, 1.82) is 0 Å². The van der Waals surface area contributed by atoms with Gasteiger partial charge in [-0.1, -0.05) is 50.2 Å². The van der Waals surface area contributed by atoms with Gasteiger partial charge in [0.25, 0.3) is 0 Å². The first-order valence-electron chi connectivity index (χ1n) is 10.8. The van der Waals surface area contributed by atoms with Gasteiger partial charge in [0.1, 0.15) is 11.9 Å². The van der Waals surface area contributed by atoms with Crippen molar-refractivity contribution >= 4 is 23.6 Å². The summed E-state index contributed by atoms with van der Waals surface area (Å²) in [5.74, 6) is 0.423. The van der Waals surface area contributed by atoms with E-state index in [0.717, 1.165) is 23.1 Å². The van der Waals surface area contributed by atoms with Crippen LogP contribution in [0, 0.1) is 12.7 Å². The second-order valence-electron chi connectivity index (χ2n) is 7.81. The van der Waals surface area contributed by atoms with Crippen molar-refractivity contribution in [2.75, 3.05) is 5.75 Å². The number of nitrogens with one attached hydrogen (secondary N) is 1. The molecule has 2 aromatic rings. The third-order valence-electron chi connectivity index (χ3n) is 5.40. The Hall–Kier alpha value is -2.34. The number of benzene rings is 2. The first-order chi connectivity index (χ1) is 14.8. The van der Waals surface area contributed by atoms with Gasteiger partial charge in [0, 0.05) is 18.3 Å². The van der Waals surface area contributed by atoms with Crippen LogP contribution < -0.4 is 5.32 Å². The predicted molar refractivity (Wildman–Crippen MR) is 126 cm³/mol. The molecule has 6 heteroatoms. The number of amides is 2. The maximum Gasteiger partial charge on any atom is 0.243 e. The van der Waals surface area contributed by atoms with Crippen molar-refractivity contribution in [2.24, 2.45) is 0 Å². The van der Waals surface area contributed by atoms with Gasteiger partial charge in [-0.2, -0.15) is 0 Å². The Balaban J connectivity index is 2.14. The standard InChI is InChI=1S/C25H33FN2O2S/c1-5-19(4)27-25(30)23(6-2)28(15-21-10-8-7-9-18(21)3)24(29)17-31-16-20-11-13-22(26)14-12-20/h7-14,19,23H,5-6,15-17H2,1-4H3,(H,27,30)/t19-,23+/m0/s1. The van der Waals surface area contributed by atoms with E-state index in [2.05, 4.69) is 5.32 Å². The molecule has 2 atom stereocenters. The van der Waals surface area contributed by atoms with Gasteiger partial charge in [0.15, 0.2) is 0 Å². The molecular formula is C25H33FN2O2S. The van der Waals surface area contributed by atoms with E-state index in [9.17, 15) is 14.0 Å². The molecule has 0 unspecified atom stereocenters. The number of aryl methyl sites for hydroxylation is 1. The number of carbonyl (C=O) groups excluding carboxylic acids is 2. The van der Waals surface area contributed by atoms with Crippen LogP contribution in [0.4, 0.5) is 4.39 Å². The Morgan fingerprint density at radius 1 is 1.06 bits per heavy atom. The highest BCUT2D eigenvalue weighted by Crippen LogP contribution is 2.19. The summed E-state index contributed by atoms with van der Waals surface area (Å²) in [6, 6.07) is 13.8. The van der Waals surface area contributed by atoms with Crippen molar-refractivity contribution in [3.63, 3.8) is 0 Å². The van der Waals surface area contributed by atoms with Crippen LogP contribution in [-0.4, -0.2) is 34.6 Å².